The van der Waals surface area contributed by atoms with E-state index in [0.717, 1.165) is 18.7 Å². The van der Waals surface area contributed by atoms with E-state index in [1.165, 1.54) is 6.07 Å². The Labute approximate surface area is 107 Å². The second-order valence-corrected chi connectivity index (χ2v) is 4.18. The molecule has 0 saturated carbocycles. The van der Waals surface area contributed by atoms with Crippen LogP contribution in [-0.4, -0.2) is 17.5 Å². The molecule has 0 aromatic heterocycles. The van der Waals surface area contributed by atoms with Crippen molar-refractivity contribution >= 4 is 17.1 Å². The summed E-state index contributed by atoms with van der Waals surface area (Å²) in [5, 5.41) is 10.9. The third-order valence-electron chi connectivity index (χ3n) is 3.08. The summed E-state index contributed by atoms with van der Waals surface area (Å²) in [7, 11) is 0. The molecule has 0 bridgehead atoms. The molecule has 0 radical (unpaired) electrons. The summed E-state index contributed by atoms with van der Waals surface area (Å²) < 4.78 is 0. The Morgan fingerprint density at radius 1 is 1.44 bits per heavy atom. The van der Waals surface area contributed by atoms with E-state index in [9.17, 15) is 10.1 Å². The van der Waals surface area contributed by atoms with Gasteiger partial charge in [0, 0.05) is 30.4 Å². The van der Waals surface area contributed by atoms with Crippen molar-refractivity contribution < 1.29 is 4.92 Å². The highest BCUT2D eigenvalue weighted by Crippen LogP contribution is 2.28. The minimum Gasteiger partial charge on any atom is -0.369 e. The SMILES string of the molecule is CCC(C)N(CC)c1cc(NN)cc([N+](=O)[O-])c1. The predicted molar refractivity (Wildman–Crippen MR) is 73.7 cm³/mol. The van der Waals surface area contributed by atoms with Gasteiger partial charge in [-0.3, -0.25) is 16.0 Å². The summed E-state index contributed by atoms with van der Waals surface area (Å²) in [4.78, 5) is 12.6. The molecule has 0 saturated heterocycles. The Balaban J connectivity index is 3.20. The number of nitrogens with zero attached hydrogens (tertiary/aromatic N) is 2. The van der Waals surface area contributed by atoms with Gasteiger partial charge >= 0.3 is 0 Å². The highest BCUT2D eigenvalue weighted by Gasteiger charge is 2.16. The van der Waals surface area contributed by atoms with Gasteiger partial charge in [-0.1, -0.05) is 6.92 Å². The Morgan fingerprint density at radius 2 is 2.11 bits per heavy atom. The maximum atomic E-state index is 10.9. The Morgan fingerprint density at radius 3 is 2.56 bits per heavy atom. The zero-order valence-corrected chi connectivity index (χ0v) is 11.0. The third-order valence-corrected chi connectivity index (χ3v) is 3.08. The molecule has 0 amide bonds. The van der Waals surface area contributed by atoms with Crippen LogP contribution in [0.3, 0.4) is 0 Å². The molecule has 1 aromatic carbocycles. The van der Waals surface area contributed by atoms with Crippen molar-refractivity contribution in [3.63, 3.8) is 0 Å². The zero-order valence-electron chi connectivity index (χ0n) is 11.0. The van der Waals surface area contributed by atoms with Gasteiger partial charge in [0.05, 0.1) is 10.6 Å². The molecule has 1 atom stereocenters. The Bertz CT molecular complexity index is 423. The third kappa shape index (κ3) is 3.10. The highest BCUT2D eigenvalue weighted by molar-refractivity contribution is 5.64. The van der Waals surface area contributed by atoms with Crippen LogP contribution in [0.15, 0.2) is 18.2 Å². The van der Waals surface area contributed by atoms with Crippen LogP contribution < -0.4 is 16.2 Å². The lowest BCUT2D eigenvalue weighted by Gasteiger charge is -2.29. The first-order valence-corrected chi connectivity index (χ1v) is 6.06. The van der Waals surface area contributed by atoms with Crippen LogP contribution in [0.5, 0.6) is 0 Å². The molecule has 1 rings (SSSR count). The number of hydrazine groups is 1. The second-order valence-electron chi connectivity index (χ2n) is 4.18. The van der Waals surface area contributed by atoms with Crippen molar-refractivity contribution in [2.75, 3.05) is 16.9 Å². The molecule has 6 nitrogen and oxygen atoms in total. The fourth-order valence-corrected chi connectivity index (χ4v) is 1.92. The van der Waals surface area contributed by atoms with E-state index in [1.54, 1.807) is 6.07 Å². The molecule has 0 spiro atoms. The standard InChI is InChI=1S/C12H20N4O2/c1-4-9(3)15(5-2)11-6-10(14-13)7-12(8-11)16(17)18/h6-9,14H,4-5,13H2,1-3H3. The maximum absolute atomic E-state index is 10.9. The van der Waals surface area contributed by atoms with Crippen LogP contribution in [0.25, 0.3) is 0 Å². The summed E-state index contributed by atoms with van der Waals surface area (Å²) >= 11 is 0. The van der Waals surface area contributed by atoms with Crippen LogP contribution in [0.4, 0.5) is 17.1 Å². The lowest BCUT2D eigenvalue weighted by atomic mass is 10.1. The molecular weight excluding hydrogens is 232 g/mol. The van der Waals surface area contributed by atoms with Gasteiger partial charge in [-0.15, -0.1) is 0 Å². The van der Waals surface area contributed by atoms with Gasteiger partial charge in [-0.25, -0.2) is 0 Å². The topological polar surface area (TPSA) is 84.4 Å². The van der Waals surface area contributed by atoms with Crippen molar-refractivity contribution in [1.82, 2.24) is 0 Å². The Kier molecular flexibility index (Phi) is 4.91. The first-order chi connectivity index (χ1) is 8.53. The van der Waals surface area contributed by atoms with Gasteiger partial charge in [-0.05, 0) is 26.3 Å². The van der Waals surface area contributed by atoms with Gasteiger partial charge in [0.25, 0.3) is 5.69 Å². The molecule has 0 aliphatic carbocycles. The molecular formula is C12H20N4O2. The quantitative estimate of drug-likeness (QED) is 0.461. The van der Waals surface area contributed by atoms with Crippen LogP contribution in [0.1, 0.15) is 27.2 Å². The first-order valence-electron chi connectivity index (χ1n) is 6.06. The van der Waals surface area contributed by atoms with Crippen molar-refractivity contribution in [1.29, 1.82) is 0 Å². The molecule has 18 heavy (non-hydrogen) atoms. The van der Waals surface area contributed by atoms with Gasteiger partial charge in [0.2, 0.25) is 0 Å². The molecule has 100 valence electrons. The number of nitrogens with two attached hydrogens (primary N) is 1. The number of nitrogen functional groups attached to an aromatic ring is 1. The van der Waals surface area contributed by atoms with Crippen LogP contribution in [0, 0.1) is 10.1 Å². The highest BCUT2D eigenvalue weighted by atomic mass is 16.6. The van der Waals surface area contributed by atoms with Crippen molar-refractivity contribution in [2.24, 2.45) is 5.84 Å². The molecule has 6 heteroatoms. The predicted octanol–water partition coefficient (Wildman–Crippen LogP) is 2.51. The molecule has 0 fully saturated rings. The number of nitro groups is 1. The van der Waals surface area contributed by atoms with E-state index in [1.807, 2.05) is 13.0 Å². The van der Waals surface area contributed by atoms with Gasteiger partial charge in [-0.2, -0.15) is 0 Å². The second kappa shape index (κ2) is 6.20. The minimum absolute atomic E-state index is 0.0437. The number of anilines is 2. The normalized spacial score (nSPS) is 12.0. The van der Waals surface area contributed by atoms with E-state index in [2.05, 4.69) is 24.2 Å². The molecule has 1 unspecified atom stereocenters. The number of hydrogen-bond acceptors (Lipinski definition) is 5. The minimum atomic E-state index is -0.408. The molecule has 0 heterocycles. The maximum Gasteiger partial charge on any atom is 0.273 e. The lowest BCUT2D eigenvalue weighted by Crippen LogP contribution is -2.32. The summed E-state index contributed by atoms with van der Waals surface area (Å²) in [6.07, 6.45) is 0.974. The number of non-ortho nitro benzene ring substituents is 1. The monoisotopic (exact) mass is 252 g/mol. The van der Waals surface area contributed by atoms with Gasteiger partial charge in [0.1, 0.15) is 0 Å². The fourth-order valence-electron chi connectivity index (χ4n) is 1.92. The van der Waals surface area contributed by atoms with E-state index in [4.69, 9.17) is 5.84 Å². The van der Waals surface area contributed by atoms with Crippen LogP contribution in [0.2, 0.25) is 0 Å². The zero-order chi connectivity index (χ0) is 13.7. The molecule has 0 aliphatic rings. The van der Waals surface area contributed by atoms with Crippen molar-refractivity contribution in [3.05, 3.63) is 28.3 Å². The molecule has 0 aliphatic heterocycles. The lowest BCUT2D eigenvalue weighted by molar-refractivity contribution is -0.384. The number of rotatable bonds is 6. The van der Waals surface area contributed by atoms with E-state index in [-0.39, 0.29) is 5.69 Å². The molecule has 3 N–H and O–H groups in total. The van der Waals surface area contributed by atoms with Crippen LogP contribution in [-0.2, 0) is 0 Å². The van der Waals surface area contributed by atoms with Crippen LogP contribution >= 0.6 is 0 Å². The fraction of sp³-hybridized carbons (Fsp3) is 0.500. The van der Waals surface area contributed by atoms with E-state index in [0.29, 0.717) is 11.7 Å². The van der Waals surface area contributed by atoms with E-state index < -0.39 is 4.92 Å². The number of benzene rings is 1. The molecule has 1 aromatic rings. The van der Waals surface area contributed by atoms with Gasteiger partial charge < -0.3 is 10.3 Å². The number of nitrogens with one attached hydrogen (secondary N) is 1. The summed E-state index contributed by atoms with van der Waals surface area (Å²) in [5.41, 5.74) is 3.87. The number of nitro benzene ring substituents is 1. The largest absolute Gasteiger partial charge is 0.369 e. The van der Waals surface area contributed by atoms with Crippen molar-refractivity contribution in [2.45, 2.75) is 33.2 Å². The summed E-state index contributed by atoms with van der Waals surface area (Å²) in [6.45, 7) is 7.01. The smallest absolute Gasteiger partial charge is 0.273 e. The average Bonchev–Trinajstić information content (AvgIpc) is 2.38. The van der Waals surface area contributed by atoms with E-state index >= 15 is 0 Å². The summed E-state index contributed by atoms with van der Waals surface area (Å²) in [5.74, 6) is 5.35. The first kappa shape index (κ1) is 14.2. The summed E-state index contributed by atoms with van der Waals surface area (Å²) in [6, 6.07) is 5.15. The van der Waals surface area contributed by atoms with Crippen molar-refractivity contribution in [3.8, 4) is 0 Å². The Hall–Kier alpha value is -1.82. The van der Waals surface area contributed by atoms with Gasteiger partial charge in [0.15, 0.2) is 0 Å². The average molecular weight is 252 g/mol. The number of hydrogen-bond donors (Lipinski definition) is 2.